The highest BCUT2D eigenvalue weighted by Gasteiger charge is 2.19. The van der Waals surface area contributed by atoms with Crippen LogP contribution in [0.2, 0.25) is 0 Å². The predicted octanol–water partition coefficient (Wildman–Crippen LogP) is 3.47. The summed E-state index contributed by atoms with van der Waals surface area (Å²) in [6.45, 7) is 0.842. The predicted molar refractivity (Wildman–Crippen MR) is 146 cm³/mol. The number of hydrogen-bond donors (Lipinski definition) is 1. The largest absolute Gasteiger partial charge is 0.497 e. The molecule has 10 nitrogen and oxygen atoms in total. The summed E-state index contributed by atoms with van der Waals surface area (Å²) in [6, 6.07) is 16.7. The van der Waals surface area contributed by atoms with Gasteiger partial charge in [0, 0.05) is 24.8 Å². The molecule has 5 rings (SSSR count). The molecule has 200 valence electrons. The number of fused-ring (bicyclic) bond motifs is 2. The molecule has 0 fully saturated rings. The number of amides is 1. The number of thioether (sulfide) groups is 1. The number of ether oxygens (including phenoxy) is 4. The summed E-state index contributed by atoms with van der Waals surface area (Å²) in [5.41, 5.74) is 1.41. The maximum absolute atomic E-state index is 13.7. The summed E-state index contributed by atoms with van der Waals surface area (Å²) in [7, 11) is 3.11. The third kappa shape index (κ3) is 5.59. The summed E-state index contributed by atoms with van der Waals surface area (Å²) >= 11 is 1.13. The second-order valence-electron chi connectivity index (χ2n) is 8.49. The number of nitrogens with one attached hydrogen (secondary N) is 1. The first-order valence-electron chi connectivity index (χ1n) is 12.0. The van der Waals surface area contributed by atoms with Gasteiger partial charge in [-0.3, -0.25) is 19.0 Å². The minimum Gasteiger partial charge on any atom is -0.497 e. The molecule has 1 N–H and O–H groups in total. The molecule has 39 heavy (non-hydrogen) atoms. The van der Waals surface area contributed by atoms with Crippen molar-refractivity contribution in [2.75, 3.05) is 39.9 Å². The lowest BCUT2D eigenvalue weighted by molar-refractivity contribution is 0.0936. The Bertz CT molecular complexity index is 1600. The molecule has 4 aromatic rings. The Balaban J connectivity index is 1.50. The summed E-state index contributed by atoms with van der Waals surface area (Å²) in [5, 5.41) is 3.41. The molecule has 0 aliphatic carbocycles. The van der Waals surface area contributed by atoms with Crippen LogP contribution in [-0.2, 0) is 4.74 Å². The van der Waals surface area contributed by atoms with Gasteiger partial charge in [-0.1, -0.05) is 11.8 Å². The van der Waals surface area contributed by atoms with Gasteiger partial charge < -0.3 is 24.3 Å². The number of methoxy groups -OCH3 is 2. The first-order valence-corrected chi connectivity index (χ1v) is 13.0. The average molecular weight is 548 g/mol. The van der Waals surface area contributed by atoms with E-state index in [0.29, 0.717) is 63.3 Å². The van der Waals surface area contributed by atoms with Crippen LogP contribution < -0.4 is 25.1 Å². The molecule has 1 aromatic heterocycles. The number of carbonyl (C=O) groups is 2. The maximum Gasteiger partial charge on any atom is 0.266 e. The number of aromatic nitrogens is 2. The SMILES string of the molecule is COCCNC(=O)c1ccc2c(=O)n(-c3ccc(OC)cc3)c(SCC(=O)c3ccc4c(c3)OCO4)nc2c1. The fourth-order valence-electron chi connectivity index (χ4n) is 4.01. The molecular formula is C28H25N3O7S. The van der Waals surface area contributed by atoms with E-state index in [1.54, 1.807) is 74.9 Å². The summed E-state index contributed by atoms with van der Waals surface area (Å²) in [6.07, 6.45) is 0. The molecule has 0 unspecified atom stereocenters. The molecule has 0 spiro atoms. The van der Waals surface area contributed by atoms with E-state index < -0.39 is 0 Å². The van der Waals surface area contributed by atoms with Crippen LogP contribution in [0.3, 0.4) is 0 Å². The molecule has 1 amide bonds. The van der Waals surface area contributed by atoms with Gasteiger partial charge >= 0.3 is 0 Å². The Kier molecular flexibility index (Phi) is 7.80. The van der Waals surface area contributed by atoms with Gasteiger partial charge in [-0.2, -0.15) is 0 Å². The lowest BCUT2D eigenvalue weighted by Gasteiger charge is -2.14. The summed E-state index contributed by atoms with van der Waals surface area (Å²) < 4.78 is 22.4. The zero-order chi connectivity index (χ0) is 27.4. The standard InChI is InChI=1S/C28H25N3O7S/c1-35-12-11-29-26(33)18-3-9-21-22(13-18)30-28(31(27(21)34)19-5-7-20(36-2)8-6-19)39-15-23(32)17-4-10-24-25(14-17)38-16-37-24/h3-10,13-14H,11-12,15-16H2,1-2H3,(H,29,33). The summed E-state index contributed by atoms with van der Waals surface area (Å²) in [5.74, 6) is 1.29. The second-order valence-corrected chi connectivity index (χ2v) is 9.44. The van der Waals surface area contributed by atoms with Crippen molar-refractivity contribution in [2.45, 2.75) is 5.16 Å². The molecule has 0 saturated heterocycles. The van der Waals surface area contributed by atoms with Crippen LogP contribution in [0.4, 0.5) is 0 Å². The lowest BCUT2D eigenvalue weighted by atomic mass is 10.1. The molecule has 2 heterocycles. The van der Waals surface area contributed by atoms with Crippen molar-refractivity contribution in [3.63, 3.8) is 0 Å². The van der Waals surface area contributed by atoms with E-state index in [0.717, 1.165) is 11.8 Å². The van der Waals surface area contributed by atoms with Crippen LogP contribution >= 0.6 is 11.8 Å². The first-order chi connectivity index (χ1) is 19.0. The van der Waals surface area contributed by atoms with Crippen molar-refractivity contribution < 1.29 is 28.5 Å². The number of benzene rings is 3. The zero-order valence-corrected chi connectivity index (χ0v) is 22.1. The molecule has 0 bridgehead atoms. The molecule has 1 aliphatic rings. The van der Waals surface area contributed by atoms with Crippen molar-refractivity contribution in [3.8, 4) is 22.9 Å². The highest BCUT2D eigenvalue weighted by molar-refractivity contribution is 7.99. The number of ketones is 1. The fraction of sp³-hybridized carbons (Fsp3) is 0.214. The minimum absolute atomic E-state index is 0.0188. The quantitative estimate of drug-likeness (QED) is 0.138. The van der Waals surface area contributed by atoms with E-state index in [1.807, 2.05) is 0 Å². The average Bonchev–Trinajstić information content (AvgIpc) is 3.44. The highest BCUT2D eigenvalue weighted by atomic mass is 32.2. The Morgan fingerprint density at radius 2 is 1.77 bits per heavy atom. The maximum atomic E-state index is 13.7. The number of carbonyl (C=O) groups excluding carboxylic acids is 2. The van der Waals surface area contributed by atoms with E-state index in [4.69, 9.17) is 23.9 Å². The Morgan fingerprint density at radius 3 is 2.54 bits per heavy atom. The first kappa shape index (κ1) is 26.3. The van der Waals surface area contributed by atoms with Gasteiger partial charge in [0.25, 0.3) is 11.5 Å². The van der Waals surface area contributed by atoms with Crippen LogP contribution in [-0.4, -0.2) is 61.2 Å². The lowest BCUT2D eigenvalue weighted by Crippen LogP contribution is -2.27. The monoisotopic (exact) mass is 547 g/mol. The third-order valence-electron chi connectivity index (χ3n) is 6.05. The number of nitrogens with zero attached hydrogens (tertiary/aromatic N) is 2. The molecule has 3 aromatic carbocycles. The smallest absolute Gasteiger partial charge is 0.266 e. The Labute approximate surface area is 227 Å². The zero-order valence-electron chi connectivity index (χ0n) is 21.3. The van der Waals surface area contributed by atoms with E-state index >= 15 is 0 Å². The number of hydrogen-bond acceptors (Lipinski definition) is 9. The van der Waals surface area contributed by atoms with Crippen molar-refractivity contribution in [1.29, 1.82) is 0 Å². The molecular weight excluding hydrogens is 522 g/mol. The molecule has 0 radical (unpaired) electrons. The Morgan fingerprint density at radius 1 is 1.00 bits per heavy atom. The van der Waals surface area contributed by atoms with Crippen LogP contribution in [0, 0.1) is 0 Å². The van der Waals surface area contributed by atoms with Gasteiger partial charge in [-0.05, 0) is 60.7 Å². The Hall–Kier alpha value is -4.35. The van der Waals surface area contributed by atoms with Crippen LogP contribution in [0.5, 0.6) is 17.2 Å². The van der Waals surface area contributed by atoms with E-state index in [9.17, 15) is 14.4 Å². The van der Waals surface area contributed by atoms with Crippen LogP contribution in [0.25, 0.3) is 16.6 Å². The van der Waals surface area contributed by atoms with Gasteiger partial charge in [-0.25, -0.2) is 4.98 Å². The molecule has 1 aliphatic heterocycles. The van der Waals surface area contributed by atoms with Gasteiger partial charge in [-0.15, -0.1) is 0 Å². The fourth-order valence-corrected chi connectivity index (χ4v) is 4.92. The van der Waals surface area contributed by atoms with Gasteiger partial charge in [0.05, 0.1) is 36.1 Å². The van der Waals surface area contributed by atoms with Crippen molar-refractivity contribution in [2.24, 2.45) is 0 Å². The van der Waals surface area contributed by atoms with Crippen molar-refractivity contribution in [3.05, 3.63) is 82.1 Å². The molecule has 0 saturated carbocycles. The number of rotatable bonds is 10. The van der Waals surface area contributed by atoms with Gasteiger partial charge in [0.2, 0.25) is 6.79 Å². The van der Waals surface area contributed by atoms with Crippen LogP contribution in [0.15, 0.2) is 70.6 Å². The topological polar surface area (TPSA) is 118 Å². The minimum atomic E-state index is -0.325. The van der Waals surface area contributed by atoms with E-state index in [1.165, 1.54) is 4.57 Å². The van der Waals surface area contributed by atoms with Crippen molar-refractivity contribution >= 4 is 34.4 Å². The van der Waals surface area contributed by atoms with Gasteiger partial charge in [0.1, 0.15) is 5.75 Å². The third-order valence-corrected chi connectivity index (χ3v) is 6.99. The normalized spacial score (nSPS) is 11.9. The molecule has 11 heteroatoms. The number of Topliss-reactive ketones (excluding diaryl/α,β-unsaturated/α-hetero) is 1. The van der Waals surface area contributed by atoms with Crippen LogP contribution in [0.1, 0.15) is 20.7 Å². The second kappa shape index (κ2) is 11.6. The van der Waals surface area contributed by atoms with Gasteiger partial charge in [0.15, 0.2) is 22.4 Å². The summed E-state index contributed by atoms with van der Waals surface area (Å²) in [4.78, 5) is 44.0. The van der Waals surface area contributed by atoms with E-state index in [-0.39, 0.29) is 29.8 Å². The molecule has 0 atom stereocenters. The van der Waals surface area contributed by atoms with Crippen molar-refractivity contribution in [1.82, 2.24) is 14.9 Å². The van der Waals surface area contributed by atoms with E-state index in [2.05, 4.69) is 5.32 Å². The highest BCUT2D eigenvalue weighted by Crippen LogP contribution is 2.33.